The first-order valence-corrected chi connectivity index (χ1v) is 7.11. The first kappa shape index (κ1) is 15.7. The highest BCUT2D eigenvalue weighted by Gasteiger charge is 2.16. The molecule has 1 amide bonds. The molecule has 2 aromatic carbocycles. The van der Waals surface area contributed by atoms with Gasteiger partial charge in [-0.3, -0.25) is 14.9 Å². The van der Waals surface area contributed by atoms with Crippen LogP contribution in [0.15, 0.2) is 57.7 Å². The summed E-state index contributed by atoms with van der Waals surface area (Å²) < 4.78 is 5.00. The summed E-state index contributed by atoms with van der Waals surface area (Å²) in [5.41, 5.74) is 0.143. The van der Waals surface area contributed by atoms with Crippen molar-refractivity contribution in [2.75, 3.05) is 5.32 Å². The van der Waals surface area contributed by atoms with Gasteiger partial charge in [-0.1, -0.05) is 11.6 Å². The third-order valence-corrected chi connectivity index (χ3v) is 3.60. The van der Waals surface area contributed by atoms with Crippen molar-refractivity contribution in [1.82, 2.24) is 0 Å². The van der Waals surface area contributed by atoms with Gasteiger partial charge in [-0.15, -0.1) is 0 Å². The normalized spacial score (nSPS) is 10.5. The molecule has 8 heteroatoms. The van der Waals surface area contributed by atoms with Crippen LogP contribution in [-0.4, -0.2) is 10.8 Å². The number of anilines is 1. The van der Waals surface area contributed by atoms with Crippen molar-refractivity contribution < 1.29 is 14.1 Å². The zero-order valence-electron chi connectivity index (χ0n) is 12.0. The van der Waals surface area contributed by atoms with Crippen molar-refractivity contribution in [2.24, 2.45) is 0 Å². The van der Waals surface area contributed by atoms with E-state index in [1.807, 2.05) is 0 Å². The van der Waals surface area contributed by atoms with Crippen LogP contribution in [0.2, 0.25) is 5.02 Å². The maximum atomic E-state index is 12.2. The van der Waals surface area contributed by atoms with Gasteiger partial charge in [0.25, 0.3) is 11.6 Å². The van der Waals surface area contributed by atoms with Gasteiger partial charge in [0.15, 0.2) is 0 Å². The zero-order valence-corrected chi connectivity index (χ0v) is 12.7. The van der Waals surface area contributed by atoms with E-state index in [1.165, 1.54) is 18.2 Å². The lowest BCUT2D eigenvalue weighted by atomic mass is 10.1. The molecule has 1 aromatic heterocycles. The van der Waals surface area contributed by atoms with Crippen LogP contribution in [0.1, 0.15) is 10.4 Å². The first-order valence-electron chi connectivity index (χ1n) is 6.73. The molecule has 1 heterocycles. The average molecular weight is 345 g/mol. The summed E-state index contributed by atoms with van der Waals surface area (Å²) in [6, 6.07) is 11.4. The second-order valence-corrected chi connectivity index (χ2v) is 5.29. The number of rotatable bonds is 3. The molecule has 0 atom stereocenters. The minimum absolute atomic E-state index is 0.0442. The molecule has 0 saturated heterocycles. The fraction of sp³-hybridized carbons (Fsp3) is 0. The van der Waals surface area contributed by atoms with Crippen LogP contribution in [0.3, 0.4) is 0 Å². The van der Waals surface area contributed by atoms with E-state index in [0.29, 0.717) is 16.7 Å². The predicted octanol–water partition coefficient (Wildman–Crippen LogP) is 3.61. The van der Waals surface area contributed by atoms with Crippen LogP contribution < -0.4 is 10.9 Å². The van der Waals surface area contributed by atoms with Gasteiger partial charge < -0.3 is 9.73 Å². The summed E-state index contributed by atoms with van der Waals surface area (Å²) >= 11 is 5.72. The summed E-state index contributed by atoms with van der Waals surface area (Å²) in [6.45, 7) is 0. The highest BCUT2D eigenvalue weighted by Crippen LogP contribution is 2.26. The van der Waals surface area contributed by atoms with Gasteiger partial charge in [0.05, 0.1) is 4.92 Å². The van der Waals surface area contributed by atoms with Gasteiger partial charge in [0.1, 0.15) is 10.6 Å². The quantitative estimate of drug-likeness (QED) is 0.444. The van der Waals surface area contributed by atoms with E-state index in [1.54, 1.807) is 24.3 Å². The van der Waals surface area contributed by atoms with Crippen molar-refractivity contribution in [2.45, 2.75) is 0 Å². The lowest BCUT2D eigenvalue weighted by Crippen LogP contribution is -2.12. The van der Waals surface area contributed by atoms with Crippen LogP contribution in [0.4, 0.5) is 11.4 Å². The Labute approximate surface area is 139 Å². The van der Waals surface area contributed by atoms with Crippen molar-refractivity contribution in [3.63, 3.8) is 0 Å². The third kappa shape index (κ3) is 3.11. The number of hydrogen-bond acceptors (Lipinski definition) is 5. The van der Waals surface area contributed by atoms with E-state index >= 15 is 0 Å². The van der Waals surface area contributed by atoms with E-state index in [4.69, 9.17) is 16.0 Å². The number of nitrogens with one attached hydrogen (secondary N) is 1. The molecule has 7 nitrogen and oxygen atoms in total. The van der Waals surface area contributed by atoms with Gasteiger partial charge in [0, 0.05) is 28.8 Å². The Balaban J connectivity index is 1.89. The molecule has 0 radical (unpaired) electrons. The number of amides is 1. The number of benzene rings is 2. The summed E-state index contributed by atoms with van der Waals surface area (Å²) in [5.74, 6) is -0.522. The highest BCUT2D eigenvalue weighted by atomic mass is 35.5. The lowest BCUT2D eigenvalue weighted by molar-refractivity contribution is -0.384. The maximum Gasteiger partial charge on any atom is 0.336 e. The Hall–Kier alpha value is -3.19. The molecule has 0 spiro atoms. The Morgan fingerprint density at radius 3 is 2.67 bits per heavy atom. The topological polar surface area (TPSA) is 102 Å². The minimum Gasteiger partial charge on any atom is -0.423 e. The number of hydrogen-bond donors (Lipinski definition) is 1. The van der Waals surface area contributed by atoms with Gasteiger partial charge in [-0.2, -0.15) is 0 Å². The Morgan fingerprint density at radius 1 is 1.12 bits per heavy atom. The monoisotopic (exact) mass is 344 g/mol. The number of nitro groups is 1. The van der Waals surface area contributed by atoms with E-state index in [0.717, 1.165) is 6.07 Å². The summed E-state index contributed by atoms with van der Waals surface area (Å²) in [7, 11) is 0. The third-order valence-electron chi connectivity index (χ3n) is 3.28. The van der Waals surface area contributed by atoms with Crippen LogP contribution in [0.25, 0.3) is 11.0 Å². The molecule has 120 valence electrons. The molecular weight excluding hydrogens is 336 g/mol. The maximum absolute atomic E-state index is 12.2. The van der Waals surface area contributed by atoms with E-state index in [9.17, 15) is 19.7 Å². The molecular formula is C16H9ClN2O5. The molecule has 3 rings (SSSR count). The SMILES string of the molecule is O=C(Nc1ccc2oc(=O)ccc2c1)c1ccc(Cl)c([N+](=O)[O-])c1. The van der Waals surface area contributed by atoms with Crippen molar-refractivity contribution in [3.8, 4) is 0 Å². The highest BCUT2D eigenvalue weighted by molar-refractivity contribution is 6.32. The standard InChI is InChI=1S/C16H9ClN2O5/c17-12-4-1-10(8-13(12)19(22)23)16(21)18-11-3-5-14-9(7-11)2-6-15(20)24-14/h1-8H,(H,18,21). The van der Waals surface area contributed by atoms with Gasteiger partial charge in [-0.25, -0.2) is 4.79 Å². The molecule has 0 aliphatic heterocycles. The molecule has 0 unspecified atom stereocenters. The van der Waals surface area contributed by atoms with Gasteiger partial charge in [0.2, 0.25) is 0 Å². The minimum atomic E-state index is -0.656. The Bertz CT molecular complexity index is 1030. The van der Waals surface area contributed by atoms with Crippen molar-refractivity contribution in [1.29, 1.82) is 0 Å². The van der Waals surface area contributed by atoms with Crippen LogP contribution in [0.5, 0.6) is 0 Å². The molecule has 1 N–H and O–H groups in total. The lowest BCUT2D eigenvalue weighted by Gasteiger charge is -2.06. The molecule has 0 fully saturated rings. The van der Waals surface area contributed by atoms with Crippen LogP contribution in [0, 0.1) is 10.1 Å². The number of carbonyl (C=O) groups excluding carboxylic acids is 1. The van der Waals surface area contributed by atoms with E-state index < -0.39 is 16.5 Å². The number of nitro benzene ring substituents is 1. The second kappa shape index (κ2) is 6.13. The Morgan fingerprint density at radius 2 is 1.92 bits per heavy atom. The molecule has 3 aromatic rings. The fourth-order valence-electron chi connectivity index (χ4n) is 2.15. The van der Waals surface area contributed by atoms with Crippen LogP contribution in [-0.2, 0) is 0 Å². The average Bonchev–Trinajstić information content (AvgIpc) is 2.55. The molecule has 0 aliphatic carbocycles. The summed E-state index contributed by atoms with van der Waals surface area (Å²) in [5, 5.41) is 14.1. The number of carbonyl (C=O) groups is 1. The van der Waals surface area contributed by atoms with Crippen LogP contribution >= 0.6 is 11.6 Å². The fourth-order valence-corrected chi connectivity index (χ4v) is 2.33. The summed E-state index contributed by atoms with van der Waals surface area (Å²) in [4.78, 5) is 33.6. The van der Waals surface area contributed by atoms with Gasteiger partial charge in [-0.05, 0) is 36.4 Å². The van der Waals surface area contributed by atoms with Crippen molar-refractivity contribution in [3.05, 3.63) is 79.7 Å². The van der Waals surface area contributed by atoms with E-state index in [2.05, 4.69) is 5.32 Å². The second-order valence-electron chi connectivity index (χ2n) is 4.88. The largest absolute Gasteiger partial charge is 0.423 e. The Kier molecular flexibility index (Phi) is 4.01. The number of halogens is 1. The first-order chi connectivity index (χ1) is 11.4. The molecule has 0 saturated carbocycles. The van der Waals surface area contributed by atoms with E-state index in [-0.39, 0.29) is 16.3 Å². The molecule has 0 bridgehead atoms. The zero-order chi connectivity index (χ0) is 17.3. The number of nitrogens with zero attached hydrogens (tertiary/aromatic N) is 1. The van der Waals surface area contributed by atoms with Gasteiger partial charge >= 0.3 is 5.63 Å². The number of fused-ring (bicyclic) bond motifs is 1. The molecule has 24 heavy (non-hydrogen) atoms. The predicted molar refractivity (Wildman–Crippen MR) is 88.5 cm³/mol. The van der Waals surface area contributed by atoms with Crippen molar-refractivity contribution >= 4 is 39.9 Å². The smallest absolute Gasteiger partial charge is 0.336 e. The molecule has 0 aliphatic rings. The summed E-state index contributed by atoms with van der Waals surface area (Å²) in [6.07, 6.45) is 0.